The Kier molecular flexibility index (Phi) is 13.8. The minimum atomic E-state index is -1.35. The standard InChI is InChI=1S/C31H49NO8/c1-10-13-18(4)28(35)39-23-16-15-22(17-24(23)40-29(36)19(5)14-11-2)25(26(32)27(33)34)20(6)21(7)38-30(37)31(8,9)12-3/h15-21,25-26H,10-14,32H2,1-9H3,(H,33,34)/t18?,19?,20?,21?,25?,26-/m0/s1. The summed E-state index contributed by atoms with van der Waals surface area (Å²) in [6, 6.07) is 3.24. The number of hydrogen-bond donors (Lipinski definition) is 2. The van der Waals surface area contributed by atoms with E-state index < -0.39 is 53.2 Å². The van der Waals surface area contributed by atoms with Crippen molar-refractivity contribution < 1.29 is 38.5 Å². The van der Waals surface area contributed by atoms with Gasteiger partial charge < -0.3 is 25.1 Å². The van der Waals surface area contributed by atoms with Crippen molar-refractivity contribution >= 4 is 23.9 Å². The minimum Gasteiger partial charge on any atom is -0.480 e. The molecule has 0 aromatic heterocycles. The lowest BCUT2D eigenvalue weighted by atomic mass is 9.79. The molecule has 0 fully saturated rings. The highest BCUT2D eigenvalue weighted by atomic mass is 16.6. The van der Waals surface area contributed by atoms with Gasteiger partial charge in [0.1, 0.15) is 12.1 Å². The quantitative estimate of drug-likeness (QED) is 0.186. The van der Waals surface area contributed by atoms with Crippen molar-refractivity contribution in [1.29, 1.82) is 0 Å². The van der Waals surface area contributed by atoms with Crippen molar-refractivity contribution in [2.45, 2.75) is 112 Å². The molecule has 0 aliphatic carbocycles. The normalized spacial score (nSPS) is 16.1. The van der Waals surface area contributed by atoms with Crippen LogP contribution in [0.15, 0.2) is 18.2 Å². The van der Waals surface area contributed by atoms with Gasteiger partial charge in [-0.3, -0.25) is 19.2 Å². The van der Waals surface area contributed by atoms with Gasteiger partial charge in [-0.15, -0.1) is 0 Å². The Hall–Kier alpha value is -2.94. The average Bonchev–Trinajstić information content (AvgIpc) is 2.89. The lowest BCUT2D eigenvalue weighted by Gasteiger charge is -2.33. The summed E-state index contributed by atoms with van der Waals surface area (Å²) in [5, 5.41) is 9.84. The zero-order valence-electron chi connectivity index (χ0n) is 25.6. The molecule has 6 atom stereocenters. The Balaban J connectivity index is 3.54. The van der Waals surface area contributed by atoms with E-state index in [1.165, 1.54) is 12.1 Å². The fourth-order valence-corrected chi connectivity index (χ4v) is 4.28. The van der Waals surface area contributed by atoms with Crippen molar-refractivity contribution in [3.05, 3.63) is 23.8 Å². The van der Waals surface area contributed by atoms with Gasteiger partial charge in [0.15, 0.2) is 11.5 Å². The molecule has 0 saturated carbocycles. The third-order valence-corrected chi connectivity index (χ3v) is 7.73. The highest BCUT2D eigenvalue weighted by Gasteiger charge is 2.37. The summed E-state index contributed by atoms with van der Waals surface area (Å²) in [5.41, 5.74) is 5.92. The molecule has 1 aromatic rings. The maximum absolute atomic E-state index is 12.8. The van der Waals surface area contributed by atoms with E-state index in [0.717, 1.165) is 12.8 Å². The topological polar surface area (TPSA) is 142 Å². The zero-order valence-corrected chi connectivity index (χ0v) is 25.6. The molecular formula is C31H49NO8. The number of hydrogen-bond acceptors (Lipinski definition) is 8. The van der Waals surface area contributed by atoms with Crippen LogP contribution in [-0.2, 0) is 23.9 Å². The van der Waals surface area contributed by atoms with E-state index >= 15 is 0 Å². The van der Waals surface area contributed by atoms with E-state index in [2.05, 4.69) is 0 Å². The van der Waals surface area contributed by atoms with Gasteiger partial charge in [0, 0.05) is 11.8 Å². The van der Waals surface area contributed by atoms with E-state index in [9.17, 15) is 24.3 Å². The molecule has 0 amide bonds. The molecular weight excluding hydrogens is 514 g/mol. The molecule has 3 N–H and O–H groups in total. The average molecular weight is 564 g/mol. The molecule has 0 bridgehead atoms. The number of carboxylic acids is 1. The lowest BCUT2D eigenvalue weighted by molar-refractivity contribution is -0.162. The summed E-state index contributed by atoms with van der Waals surface area (Å²) in [5.74, 6) is -4.60. The second-order valence-electron chi connectivity index (χ2n) is 11.5. The number of carbonyl (C=O) groups is 4. The number of rotatable bonds is 16. The predicted octanol–water partition coefficient (Wildman–Crippen LogP) is 5.87. The summed E-state index contributed by atoms with van der Waals surface area (Å²) in [4.78, 5) is 50.3. The number of benzene rings is 1. The van der Waals surface area contributed by atoms with Crippen molar-refractivity contribution in [3.8, 4) is 11.5 Å². The van der Waals surface area contributed by atoms with Crippen LogP contribution in [0.4, 0.5) is 0 Å². The Labute approximate surface area is 239 Å². The van der Waals surface area contributed by atoms with Crippen molar-refractivity contribution in [3.63, 3.8) is 0 Å². The molecule has 1 aromatic carbocycles. The first kappa shape index (κ1) is 35.1. The molecule has 0 radical (unpaired) electrons. The van der Waals surface area contributed by atoms with Gasteiger partial charge in [-0.2, -0.15) is 0 Å². The van der Waals surface area contributed by atoms with Crippen LogP contribution in [0.5, 0.6) is 11.5 Å². The first-order chi connectivity index (χ1) is 18.6. The molecule has 0 saturated heterocycles. The van der Waals surface area contributed by atoms with E-state index in [0.29, 0.717) is 24.8 Å². The number of nitrogens with two attached hydrogens (primary N) is 1. The lowest BCUT2D eigenvalue weighted by Crippen LogP contribution is -2.43. The highest BCUT2D eigenvalue weighted by molar-refractivity contribution is 5.79. The minimum absolute atomic E-state index is 0.00838. The van der Waals surface area contributed by atoms with Crippen molar-refractivity contribution in [2.24, 2.45) is 28.9 Å². The first-order valence-electron chi connectivity index (χ1n) is 14.4. The number of aliphatic carboxylic acids is 1. The summed E-state index contributed by atoms with van der Waals surface area (Å²) >= 11 is 0. The van der Waals surface area contributed by atoms with E-state index in [-0.39, 0.29) is 23.4 Å². The van der Waals surface area contributed by atoms with Gasteiger partial charge in [-0.1, -0.05) is 60.5 Å². The SMILES string of the molecule is CCCC(C)C(=O)Oc1ccc(C(C(C)C(C)OC(=O)C(C)(C)CC)[C@H](N)C(=O)O)cc1OC(=O)C(C)CCC. The van der Waals surface area contributed by atoms with Crippen LogP contribution in [0.25, 0.3) is 0 Å². The largest absolute Gasteiger partial charge is 0.480 e. The number of carbonyl (C=O) groups excluding carboxylic acids is 3. The van der Waals surface area contributed by atoms with E-state index in [4.69, 9.17) is 19.9 Å². The molecule has 0 aliphatic rings. The van der Waals surface area contributed by atoms with Crippen LogP contribution in [0.1, 0.15) is 106 Å². The van der Waals surface area contributed by atoms with Crippen LogP contribution in [-0.4, -0.2) is 41.1 Å². The third kappa shape index (κ3) is 9.61. The van der Waals surface area contributed by atoms with Crippen LogP contribution in [0, 0.1) is 23.2 Å². The Morgan fingerprint density at radius 2 is 1.38 bits per heavy atom. The van der Waals surface area contributed by atoms with Gasteiger partial charge in [0.2, 0.25) is 0 Å². The Morgan fingerprint density at radius 3 is 1.82 bits per heavy atom. The summed E-state index contributed by atoms with van der Waals surface area (Å²) in [6.45, 7) is 16.4. The summed E-state index contributed by atoms with van der Waals surface area (Å²) in [7, 11) is 0. The number of carboxylic acid groups (broad SMARTS) is 1. The molecule has 0 heterocycles. The predicted molar refractivity (Wildman–Crippen MR) is 153 cm³/mol. The van der Waals surface area contributed by atoms with E-state index in [1.807, 2.05) is 20.8 Å². The zero-order chi connectivity index (χ0) is 30.8. The maximum Gasteiger partial charge on any atom is 0.321 e. The smallest absolute Gasteiger partial charge is 0.321 e. The van der Waals surface area contributed by atoms with Crippen LogP contribution < -0.4 is 15.2 Å². The van der Waals surface area contributed by atoms with Gasteiger partial charge in [-0.25, -0.2) is 0 Å². The monoisotopic (exact) mass is 563 g/mol. The molecule has 9 nitrogen and oxygen atoms in total. The molecule has 226 valence electrons. The van der Waals surface area contributed by atoms with Gasteiger partial charge in [0.05, 0.1) is 17.3 Å². The molecule has 9 heteroatoms. The first-order valence-corrected chi connectivity index (χ1v) is 14.4. The van der Waals surface area contributed by atoms with Crippen LogP contribution >= 0.6 is 0 Å². The summed E-state index contributed by atoms with van der Waals surface area (Å²) < 4.78 is 17.1. The molecule has 5 unspecified atom stereocenters. The second-order valence-corrected chi connectivity index (χ2v) is 11.5. The molecule has 1 rings (SSSR count). The van der Waals surface area contributed by atoms with E-state index in [1.54, 1.807) is 47.6 Å². The van der Waals surface area contributed by atoms with Gasteiger partial charge in [-0.05, 0) is 57.7 Å². The third-order valence-electron chi connectivity index (χ3n) is 7.73. The van der Waals surface area contributed by atoms with Crippen molar-refractivity contribution in [1.82, 2.24) is 0 Å². The number of esters is 3. The molecule has 40 heavy (non-hydrogen) atoms. The Morgan fingerprint density at radius 1 is 0.875 bits per heavy atom. The van der Waals surface area contributed by atoms with Gasteiger partial charge >= 0.3 is 23.9 Å². The Bertz CT molecular complexity index is 1020. The summed E-state index contributed by atoms with van der Waals surface area (Å²) in [6.07, 6.45) is 2.74. The van der Waals surface area contributed by atoms with Crippen LogP contribution in [0.2, 0.25) is 0 Å². The maximum atomic E-state index is 12.8. The highest BCUT2D eigenvalue weighted by Crippen LogP contribution is 2.38. The van der Waals surface area contributed by atoms with Crippen LogP contribution in [0.3, 0.4) is 0 Å². The molecule has 0 aliphatic heterocycles. The fraction of sp³-hybridized carbons (Fsp3) is 0.677. The molecule has 0 spiro atoms. The van der Waals surface area contributed by atoms with Gasteiger partial charge in [0.25, 0.3) is 0 Å². The van der Waals surface area contributed by atoms with Crippen molar-refractivity contribution in [2.75, 3.05) is 0 Å². The number of ether oxygens (including phenoxy) is 3. The second kappa shape index (κ2) is 15.7. The fourth-order valence-electron chi connectivity index (χ4n) is 4.28.